The van der Waals surface area contributed by atoms with Gasteiger partial charge in [0, 0.05) is 0 Å². The van der Waals surface area contributed by atoms with Gasteiger partial charge in [-0.2, -0.15) is 0 Å². The minimum Gasteiger partial charge on any atom is -0.244 e. The van der Waals surface area contributed by atoms with Crippen LogP contribution in [0.5, 0.6) is 0 Å². The molecule has 0 radical (unpaired) electrons. The van der Waals surface area contributed by atoms with Crippen molar-refractivity contribution in [1.82, 2.24) is 0 Å². The van der Waals surface area contributed by atoms with Gasteiger partial charge >= 0.3 is 0 Å². The summed E-state index contributed by atoms with van der Waals surface area (Å²) in [6.45, 7) is 2.29. The van der Waals surface area contributed by atoms with Crippen LogP contribution in [0.4, 0.5) is 13.2 Å². The second-order valence-corrected chi connectivity index (χ2v) is 7.89. The molecule has 3 fully saturated rings. The molecule has 122 valence electrons. The maximum absolute atomic E-state index is 13.6. The van der Waals surface area contributed by atoms with E-state index in [2.05, 4.69) is 6.92 Å². The monoisotopic (exact) mass is 302 g/mol. The molecule has 0 saturated heterocycles. The van der Waals surface area contributed by atoms with E-state index in [9.17, 15) is 13.2 Å². The Labute approximate surface area is 126 Å². The van der Waals surface area contributed by atoms with E-state index in [1.165, 1.54) is 32.1 Å². The molecule has 0 aromatic rings. The lowest BCUT2D eigenvalue weighted by molar-refractivity contribution is -0.0162. The van der Waals surface area contributed by atoms with Gasteiger partial charge in [0.25, 0.3) is 0 Å². The average molecular weight is 302 g/mol. The number of fused-ring (bicyclic) bond motifs is 1. The molecule has 21 heavy (non-hydrogen) atoms. The maximum Gasteiger partial charge on any atom is 0.162 e. The summed E-state index contributed by atoms with van der Waals surface area (Å²) in [6.07, 6.45) is 4.24. The van der Waals surface area contributed by atoms with Gasteiger partial charge in [-0.05, 0) is 74.5 Å². The summed E-state index contributed by atoms with van der Waals surface area (Å²) >= 11 is 0. The standard InChI is InChI=1S/C18H29F3/c1-2-11-3-4-13-8-14(6-5-12(13)7-11)15-9-16(19)18(21)17(20)10-15/h11-18H,2-10H2,1H3. The Bertz CT molecular complexity index is 333. The fourth-order valence-corrected chi connectivity index (χ4v) is 5.37. The third-order valence-corrected chi connectivity index (χ3v) is 6.75. The highest BCUT2D eigenvalue weighted by atomic mass is 19.2. The van der Waals surface area contributed by atoms with Gasteiger partial charge in [-0.3, -0.25) is 0 Å². The Morgan fingerprint density at radius 1 is 0.667 bits per heavy atom. The predicted molar refractivity (Wildman–Crippen MR) is 79.4 cm³/mol. The fraction of sp³-hybridized carbons (Fsp3) is 1.00. The molecule has 3 heteroatoms. The lowest BCUT2D eigenvalue weighted by Crippen LogP contribution is -2.41. The van der Waals surface area contributed by atoms with Crippen molar-refractivity contribution >= 4 is 0 Å². The first-order chi connectivity index (χ1) is 10.1. The molecule has 0 heterocycles. The molecule has 0 amide bonds. The summed E-state index contributed by atoms with van der Waals surface area (Å²) in [7, 11) is 0. The zero-order valence-corrected chi connectivity index (χ0v) is 13.1. The second kappa shape index (κ2) is 6.50. The van der Waals surface area contributed by atoms with Crippen LogP contribution >= 0.6 is 0 Å². The third-order valence-electron chi connectivity index (χ3n) is 6.75. The Balaban J connectivity index is 1.57. The van der Waals surface area contributed by atoms with Crippen molar-refractivity contribution in [3.05, 3.63) is 0 Å². The summed E-state index contributed by atoms with van der Waals surface area (Å²) in [5.74, 6) is 3.03. The highest BCUT2D eigenvalue weighted by molar-refractivity contribution is 4.93. The van der Waals surface area contributed by atoms with Gasteiger partial charge in [0.15, 0.2) is 6.17 Å². The van der Waals surface area contributed by atoms with Gasteiger partial charge in [-0.25, -0.2) is 13.2 Å². The van der Waals surface area contributed by atoms with Crippen LogP contribution in [0.2, 0.25) is 0 Å². The zero-order valence-electron chi connectivity index (χ0n) is 13.1. The molecule has 0 nitrogen and oxygen atoms in total. The zero-order chi connectivity index (χ0) is 15.0. The molecule has 3 rings (SSSR count). The molecule has 0 aromatic heterocycles. The molecule has 0 N–H and O–H groups in total. The lowest BCUT2D eigenvalue weighted by atomic mass is 9.61. The quantitative estimate of drug-likeness (QED) is 0.618. The smallest absolute Gasteiger partial charge is 0.162 e. The first kappa shape index (κ1) is 15.7. The van der Waals surface area contributed by atoms with E-state index in [1.807, 2.05) is 0 Å². The molecule has 3 aliphatic rings. The summed E-state index contributed by atoms with van der Waals surface area (Å²) in [5, 5.41) is 0. The van der Waals surface area contributed by atoms with Crippen molar-refractivity contribution in [3.8, 4) is 0 Å². The van der Waals surface area contributed by atoms with Crippen LogP contribution in [0.15, 0.2) is 0 Å². The first-order valence-corrected chi connectivity index (χ1v) is 9.00. The summed E-state index contributed by atoms with van der Waals surface area (Å²) in [6, 6.07) is 0. The van der Waals surface area contributed by atoms with Crippen LogP contribution in [0.3, 0.4) is 0 Å². The lowest BCUT2D eigenvalue weighted by Gasteiger charge is -2.45. The van der Waals surface area contributed by atoms with E-state index in [-0.39, 0.29) is 18.8 Å². The van der Waals surface area contributed by atoms with Crippen LogP contribution in [0.1, 0.15) is 64.7 Å². The van der Waals surface area contributed by atoms with Crippen LogP contribution in [0.25, 0.3) is 0 Å². The number of hydrogen-bond acceptors (Lipinski definition) is 0. The Morgan fingerprint density at radius 3 is 1.81 bits per heavy atom. The van der Waals surface area contributed by atoms with E-state index in [4.69, 9.17) is 0 Å². The van der Waals surface area contributed by atoms with E-state index in [0.29, 0.717) is 5.92 Å². The van der Waals surface area contributed by atoms with E-state index >= 15 is 0 Å². The van der Waals surface area contributed by atoms with Crippen molar-refractivity contribution in [1.29, 1.82) is 0 Å². The van der Waals surface area contributed by atoms with Crippen LogP contribution < -0.4 is 0 Å². The molecule has 0 spiro atoms. The summed E-state index contributed by atoms with van der Waals surface area (Å²) < 4.78 is 40.6. The number of rotatable bonds is 2. The van der Waals surface area contributed by atoms with Crippen molar-refractivity contribution in [2.24, 2.45) is 29.6 Å². The van der Waals surface area contributed by atoms with E-state index in [0.717, 1.165) is 30.6 Å². The third kappa shape index (κ3) is 3.27. The average Bonchev–Trinajstić information content (AvgIpc) is 2.51. The van der Waals surface area contributed by atoms with E-state index in [1.54, 1.807) is 0 Å². The number of halogens is 3. The van der Waals surface area contributed by atoms with Gasteiger partial charge in [0.2, 0.25) is 0 Å². The molecule has 3 aliphatic carbocycles. The molecule has 6 atom stereocenters. The molecule has 0 aliphatic heterocycles. The number of alkyl halides is 3. The Hall–Kier alpha value is -0.210. The SMILES string of the molecule is CCC1CCC2CC(C3CC(F)C(F)C(F)C3)CCC2C1. The molecule has 6 unspecified atom stereocenters. The molecule has 0 aromatic carbocycles. The topological polar surface area (TPSA) is 0 Å². The van der Waals surface area contributed by atoms with Crippen molar-refractivity contribution in [2.75, 3.05) is 0 Å². The first-order valence-electron chi connectivity index (χ1n) is 9.00. The fourth-order valence-electron chi connectivity index (χ4n) is 5.37. The van der Waals surface area contributed by atoms with Crippen LogP contribution in [-0.4, -0.2) is 18.5 Å². The molecule has 3 saturated carbocycles. The Kier molecular flexibility index (Phi) is 4.85. The van der Waals surface area contributed by atoms with Gasteiger partial charge in [0.05, 0.1) is 0 Å². The highest BCUT2D eigenvalue weighted by Crippen LogP contribution is 2.49. The molecule has 0 bridgehead atoms. The largest absolute Gasteiger partial charge is 0.244 e. The minimum atomic E-state index is -1.88. The Morgan fingerprint density at radius 2 is 1.19 bits per heavy atom. The van der Waals surface area contributed by atoms with E-state index < -0.39 is 18.5 Å². The maximum atomic E-state index is 13.6. The highest BCUT2D eigenvalue weighted by Gasteiger charge is 2.44. The predicted octanol–water partition coefficient (Wildman–Crippen LogP) is 5.65. The van der Waals surface area contributed by atoms with Crippen LogP contribution in [0, 0.1) is 29.6 Å². The normalized spacial score (nSPS) is 51.4. The molecular formula is C18H29F3. The van der Waals surface area contributed by atoms with Gasteiger partial charge < -0.3 is 0 Å². The van der Waals surface area contributed by atoms with Crippen LogP contribution in [-0.2, 0) is 0 Å². The van der Waals surface area contributed by atoms with Gasteiger partial charge in [0.1, 0.15) is 12.3 Å². The van der Waals surface area contributed by atoms with Crippen molar-refractivity contribution < 1.29 is 13.2 Å². The van der Waals surface area contributed by atoms with Crippen molar-refractivity contribution in [3.63, 3.8) is 0 Å². The minimum absolute atomic E-state index is 0.0758. The van der Waals surface area contributed by atoms with Gasteiger partial charge in [-0.1, -0.05) is 19.8 Å². The number of hydrogen-bond donors (Lipinski definition) is 0. The summed E-state index contributed by atoms with van der Waals surface area (Å²) in [4.78, 5) is 0. The van der Waals surface area contributed by atoms with Gasteiger partial charge in [-0.15, -0.1) is 0 Å². The summed E-state index contributed by atoms with van der Waals surface area (Å²) in [5.41, 5.74) is 0. The second-order valence-electron chi connectivity index (χ2n) is 7.89. The van der Waals surface area contributed by atoms with Crippen molar-refractivity contribution in [2.45, 2.75) is 83.2 Å². The molecular weight excluding hydrogens is 273 g/mol.